The highest BCUT2D eigenvalue weighted by atomic mass is 35.5. The van der Waals surface area contributed by atoms with Crippen molar-refractivity contribution in [2.75, 3.05) is 6.61 Å². The van der Waals surface area contributed by atoms with Crippen LogP contribution in [-0.2, 0) is 4.79 Å². The molecule has 1 aliphatic carbocycles. The first kappa shape index (κ1) is 16.6. The van der Waals surface area contributed by atoms with E-state index >= 15 is 0 Å². The minimum atomic E-state index is -0.286. The second-order valence-electron chi connectivity index (χ2n) is 5.69. The van der Waals surface area contributed by atoms with Gasteiger partial charge in [-0.2, -0.15) is 5.10 Å². The molecule has 1 aliphatic rings. The molecule has 0 spiro atoms. The molecular weight excluding hydrogens is 300 g/mol. The smallest absolute Gasteiger partial charge is 0.277 e. The summed E-state index contributed by atoms with van der Waals surface area (Å²) >= 11 is 5.84. The van der Waals surface area contributed by atoms with E-state index in [4.69, 9.17) is 16.3 Å². The Kier molecular flexibility index (Phi) is 6.01. The van der Waals surface area contributed by atoms with Crippen LogP contribution in [0.15, 0.2) is 41.0 Å². The van der Waals surface area contributed by atoms with Gasteiger partial charge in [0.1, 0.15) is 5.75 Å². The Labute approximate surface area is 136 Å². The van der Waals surface area contributed by atoms with Gasteiger partial charge in [0.2, 0.25) is 0 Å². The number of carbonyl (C=O) groups is 1. The van der Waals surface area contributed by atoms with Crippen molar-refractivity contribution >= 4 is 23.7 Å². The number of halogens is 1. The molecule has 5 heteroatoms. The van der Waals surface area contributed by atoms with Crippen LogP contribution in [0.1, 0.15) is 26.7 Å². The molecule has 0 aliphatic heterocycles. The van der Waals surface area contributed by atoms with Gasteiger partial charge in [-0.3, -0.25) is 4.79 Å². The first-order valence-corrected chi connectivity index (χ1v) is 7.78. The molecule has 2 rings (SSSR count). The van der Waals surface area contributed by atoms with Crippen molar-refractivity contribution < 1.29 is 9.53 Å². The summed E-state index contributed by atoms with van der Waals surface area (Å²) in [5.41, 5.74) is 3.93. The minimum Gasteiger partial charge on any atom is -0.484 e. The van der Waals surface area contributed by atoms with Gasteiger partial charge in [-0.15, -0.1) is 0 Å². The number of rotatable bonds is 5. The van der Waals surface area contributed by atoms with Crippen molar-refractivity contribution in [2.45, 2.75) is 26.7 Å². The fourth-order valence-electron chi connectivity index (χ4n) is 2.46. The summed E-state index contributed by atoms with van der Waals surface area (Å²) in [5.74, 6) is 1.20. The van der Waals surface area contributed by atoms with Crippen LogP contribution in [0, 0.1) is 11.8 Å². The molecule has 4 nitrogen and oxygen atoms in total. The van der Waals surface area contributed by atoms with Gasteiger partial charge < -0.3 is 4.74 Å². The van der Waals surface area contributed by atoms with E-state index in [2.05, 4.69) is 30.5 Å². The molecule has 0 saturated heterocycles. The van der Waals surface area contributed by atoms with Crippen LogP contribution >= 0.6 is 11.6 Å². The lowest BCUT2D eigenvalue weighted by molar-refractivity contribution is -0.123. The summed E-state index contributed by atoms with van der Waals surface area (Å²) in [5, 5.41) is 4.61. The number of hydrogen-bond acceptors (Lipinski definition) is 3. The van der Waals surface area contributed by atoms with Crippen molar-refractivity contribution in [3.8, 4) is 5.75 Å². The Morgan fingerprint density at radius 1 is 1.55 bits per heavy atom. The van der Waals surface area contributed by atoms with Crippen molar-refractivity contribution in [3.63, 3.8) is 0 Å². The monoisotopic (exact) mass is 320 g/mol. The maximum Gasteiger partial charge on any atom is 0.277 e. The van der Waals surface area contributed by atoms with Crippen LogP contribution in [0.4, 0.5) is 0 Å². The van der Waals surface area contributed by atoms with E-state index in [-0.39, 0.29) is 12.5 Å². The second kappa shape index (κ2) is 7.99. The lowest BCUT2D eigenvalue weighted by Crippen LogP contribution is -2.26. The molecule has 2 atom stereocenters. The third-order valence-electron chi connectivity index (χ3n) is 3.73. The summed E-state index contributed by atoms with van der Waals surface area (Å²) in [4.78, 5) is 11.7. The third-order valence-corrected chi connectivity index (χ3v) is 3.97. The SMILES string of the molecule is CC1=CC[C@H](/C=N\NC(=O)COc2cccc(Cl)c2)[C@H](C)C1. The average molecular weight is 321 g/mol. The van der Waals surface area contributed by atoms with Crippen molar-refractivity contribution in [1.29, 1.82) is 0 Å². The Morgan fingerprint density at radius 2 is 2.36 bits per heavy atom. The first-order valence-electron chi connectivity index (χ1n) is 7.40. The fraction of sp³-hybridized carbons (Fsp3) is 0.412. The van der Waals surface area contributed by atoms with Gasteiger partial charge in [0.15, 0.2) is 6.61 Å². The quantitative estimate of drug-likeness (QED) is 0.509. The maximum absolute atomic E-state index is 11.7. The average Bonchev–Trinajstić information content (AvgIpc) is 2.47. The number of benzene rings is 1. The summed E-state index contributed by atoms with van der Waals surface area (Å²) < 4.78 is 5.35. The molecule has 1 amide bonds. The molecule has 0 fully saturated rings. The molecule has 0 saturated carbocycles. The van der Waals surface area contributed by atoms with Crippen molar-refractivity contribution in [1.82, 2.24) is 5.43 Å². The molecule has 0 aromatic heterocycles. The van der Waals surface area contributed by atoms with Crippen LogP contribution in [0.2, 0.25) is 5.02 Å². The highest BCUT2D eigenvalue weighted by molar-refractivity contribution is 6.30. The topological polar surface area (TPSA) is 50.7 Å². The van der Waals surface area contributed by atoms with Crippen LogP contribution in [-0.4, -0.2) is 18.7 Å². The van der Waals surface area contributed by atoms with Crippen LogP contribution < -0.4 is 10.2 Å². The van der Waals surface area contributed by atoms with Crippen LogP contribution in [0.25, 0.3) is 0 Å². The normalized spacial score (nSPS) is 21.5. The number of allylic oxidation sites excluding steroid dienone is 2. The van der Waals surface area contributed by atoms with Gasteiger partial charge in [0.25, 0.3) is 5.91 Å². The van der Waals surface area contributed by atoms with Crippen LogP contribution in [0.5, 0.6) is 5.75 Å². The van der Waals surface area contributed by atoms with E-state index in [9.17, 15) is 4.79 Å². The third kappa shape index (κ3) is 5.19. The van der Waals surface area contributed by atoms with E-state index < -0.39 is 0 Å². The van der Waals surface area contributed by atoms with Crippen molar-refractivity contribution in [3.05, 3.63) is 40.9 Å². The van der Waals surface area contributed by atoms with Gasteiger partial charge >= 0.3 is 0 Å². The highest BCUT2D eigenvalue weighted by Gasteiger charge is 2.18. The lowest BCUT2D eigenvalue weighted by Gasteiger charge is -2.24. The van der Waals surface area contributed by atoms with Crippen LogP contribution in [0.3, 0.4) is 0 Å². The first-order chi connectivity index (χ1) is 10.5. The number of carbonyl (C=O) groups excluding carboxylic acids is 1. The minimum absolute atomic E-state index is 0.0864. The van der Waals surface area contributed by atoms with Gasteiger partial charge in [-0.05, 0) is 43.9 Å². The molecule has 1 N–H and O–H groups in total. The summed E-state index contributed by atoms with van der Waals surface area (Å²) in [6.07, 6.45) is 6.12. The zero-order valence-electron chi connectivity index (χ0n) is 12.9. The van der Waals surface area contributed by atoms with Gasteiger partial charge in [-0.1, -0.05) is 36.2 Å². The van der Waals surface area contributed by atoms with E-state index in [0.29, 0.717) is 22.6 Å². The van der Waals surface area contributed by atoms with E-state index in [0.717, 1.165) is 12.8 Å². The molecule has 1 aromatic carbocycles. The van der Waals surface area contributed by atoms with E-state index in [1.54, 1.807) is 24.3 Å². The molecule has 0 radical (unpaired) electrons. The summed E-state index contributed by atoms with van der Waals surface area (Å²) in [7, 11) is 0. The number of hydrazone groups is 1. The molecule has 22 heavy (non-hydrogen) atoms. The maximum atomic E-state index is 11.7. The lowest BCUT2D eigenvalue weighted by atomic mass is 9.82. The number of ether oxygens (including phenoxy) is 1. The van der Waals surface area contributed by atoms with Gasteiger partial charge in [0, 0.05) is 17.2 Å². The predicted molar refractivity (Wildman–Crippen MR) is 89.2 cm³/mol. The number of hydrogen-bond donors (Lipinski definition) is 1. The van der Waals surface area contributed by atoms with E-state index in [1.807, 2.05) is 6.21 Å². The number of amides is 1. The molecule has 1 aromatic rings. The summed E-state index contributed by atoms with van der Waals surface area (Å²) in [6.45, 7) is 4.27. The number of nitrogens with zero attached hydrogens (tertiary/aromatic N) is 1. The zero-order chi connectivity index (χ0) is 15.9. The largest absolute Gasteiger partial charge is 0.484 e. The number of nitrogens with one attached hydrogen (secondary N) is 1. The Hall–Kier alpha value is -1.81. The van der Waals surface area contributed by atoms with Crippen molar-refractivity contribution in [2.24, 2.45) is 16.9 Å². The van der Waals surface area contributed by atoms with Gasteiger partial charge in [-0.25, -0.2) is 5.43 Å². The molecule has 0 unspecified atom stereocenters. The standard InChI is InChI=1S/C17H21ClN2O2/c1-12-6-7-14(13(2)8-12)10-19-20-17(21)11-22-16-5-3-4-15(18)9-16/h3-6,9-10,13-14H,7-8,11H2,1-2H3,(H,20,21)/b19-10-/t13-,14-/m1/s1. The van der Waals surface area contributed by atoms with Gasteiger partial charge in [0.05, 0.1) is 0 Å². The molecule has 0 bridgehead atoms. The molecule has 0 heterocycles. The second-order valence-corrected chi connectivity index (χ2v) is 6.13. The Morgan fingerprint density at radius 3 is 3.09 bits per heavy atom. The molecular formula is C17H21ClN2O2. The van der Waals surface area contributed by atoms with E-state index in [1.165, 1.54) is 5.57 Å². The predicted octanol–water partition coefficient (Wildman–Crippen LogP) is 3.81. The summed E-state index contributed by atoms with van der Waals surface area (Å²) in [6, 6.07) is 6.94. The Balaban J connectivity index is 1.74. The Bertz CT molecular complexity index is 584. The zero-order valence-corrected chi connectivity index (χ0v) is 13.6. The molecule has 118 valence electrons. The fourth-order valence-corrected chi connectivity index (χ4v) is 2.64. The highest BCUT2D eigenvalue weighted by Crippen LogP contribution is 2.27.